The van der Waals surface area contributed by atoms with Crippen molar-refractivity contribution in [2.24, 2.45) is 0 Å². The Labute approximate surface area is 128 Å². The molecule has 120 valence electrons. The molecule has 2 heterocycles. The lowest BCUT2D eigenvalue weighted by Gasteiger charge is -2.21. The first-order valence-electron chi connectivity index (χ1n) is 6.47. The van der Waals surface area contributed by atoms with Crippen LogP contribution in [0.3, 0.4) is 0 Å². The Morgan fingerprint density at radius 3 is 2.68 bits per heavy atom. The molecule has 0 radical (unpaired) electrons. The van der Waals surface area contributed by atoms with Crippen LogP contribution >= 0.6 is 11.8 Å². The summed E-state index contributed by atoms with van der Waals surface area (Å²) in [6, 6.07) is 1.28. The lowest BCUT2D eigenvalue weighted by molar-refractivity contribution is -0.147. The fourth-order valence-corrected chi connectivity index (χ4v) is 2.90. The van der Waals surface area contributed by atoms with Gasteiger partial charge in [-0.05, 0) is 25.0 Å². The van der Waals surface area contributed by atoms with Crippen LogP contribution in [0.4, 0.5) is 13.2 Å². The van der Waals surface area contributed by atoms with Crippen molar-refractivity contribution in [2.45, 2.75) is 30.1 Å². The molecule has 2 rings (SSSR count). The summed E-state index contributed by atoms with van der Waals surface area (Å²) < 4.78 is 37.2. The number of thioether (sulfide) groups is 1. The SMILES string of the molecule is O=C(O)C1CCCN1C(=O)CSc1ccc(C(F)(F)F)cn1. The second-order valence-electron chi connectivity index (χ2n) is 4.75. The number of rotatable bonds is 4. The van der Waals surface area contributed by atoms with Crippen molar-refractivity contribution >= 4 is 23.6 Å². The summed E-state index contributed by atoms with van der Waals surface area (Å²) in [6.07, 6.45) is -2.69. The molecule has 9 heteroatoms. The van der Waals surface area contributed by atoms with Crippen molar-refractivity contribution in [3.63, 3.8) is 0 Å². The third kappa shape index (κ3) is 3.90. The molecular weight excluding hydrogens is 321 g/mol. The number of carboxylic acid groups (broad SMARTS) is 1. The maximum atomic E-state index is 12.4. The Kier molecular flexibility index (Phi) is 4.94. The predicted molar refractivity (Wildman–Crippen MR) is 72.3 cm³/mol. The molecule has 1 N–H and O–H groups in total. The fraction of sp³-hybridized carbons (Fsp3) is 0.462. The van der Waals surface area contributed by atoms with Crippen LogP contribution in [0.25, 0.3) is 0 Å². The van der Waals surface area contributed by atoms with Crippen LogP contribution in [0.2, 0.25) is 0 Å². The summed E-state index contributed by atoms with van der Waals surface area (Å²) >= 11 is 0.986. The third-order valence-electron chi connectivity index (χ3n) is 3.27. The number of pyridine rings is 1. The van der Waals surface area contributed by atoms with Crippen LogP contribution in [-0.2, 0) is 15.8 Å². The van der Waals surface area contributed by atoms with E-state index in [1.54, 1.807) is 0 Å². The summed E-state index contributed by atoms with van der Waals surface area (Å²) in [5.74, 6) is -1.44. The summed E-state index contributed by atoms with van der Waals surface area (Å²) in [6.45, 7) is 0.386. The van der Waals surface area contributed by atoms with Crippen LogP contribution in [0, 0.1) is 0 Å². The quantitative estimate of drug-likeness (QED) is 0.856. The Hall–Kier alpha value is -1.77. The van der Waals surface area contributed by atoms with Gasteiger partial charge >= 0.3 is 12.1 Å². The number of aromatic nitrogens is 1. The van der Waals surface area contributed by atoms with E-state index >= 15 is 0 Å². The minimum atomic E-state index is -4.45. The smallest absolute Gasteiger partial charge is 0.417 e. The molecule has 1 aromatic rings. The number of likely N-dealkylation sites (tertiary alicyclic amines) is 1. The average molecular weight is 334 g/mol. The first-order valence-corrected chi connectivity index (χ1v) is 7.46. The largest absolute Gasteiger partial charge is 0.480 e. The Bertz CT molecular complexity index is 563. The molecule has 0 aliphatic carbocycles. The minimum Gasteiger partial charge on any atom is -0.480 e. The van der Waals surface area contributed by atoms with Gasteiger partial charge in [-0.3, -0.25) is 4.79 Å². The van der Waals surface area contributed by atoms with Gasteiger partial charge in [0.1, 0.15) is 6.04 Å². The lowest BCUT2D eigenvalue weighted by atomic mass is 10.2. The Morgan fingerprint density at radius 2 is 2.14 bits per heavy atom. The van der Waals surface area contributed by atoms with Gasteiger partial charge < -0.3 is 10.0 Å². The molecule has 22 heavy (non-hydrogen) atoms. The normalized spacial score (nSPS) is 18.5. The van der Waals surface area contributed by atoms with E-state index in [9.17, 15) is 22.8 Å². The van der Waals surface area contributed by atoms with Gasteiger partial charge in [0, 0.05) is 12.7 Å². The second kappa shape index (κ2) is 6.55. The van der Waals surface area contributed by atoms with Crippen LogP contribution in [0.15, 0.2) is 23.4 Å². The molecule has 1 amide bonds. The minimum absolute atomic E-state index is 0.0534. The van der Waals surface area contributed by atoms with E-state index < -0.39 is 23.8 Å². The molecule has 1 saturated heterocycles. The van der Waals surface area contributed by atoms with Crippen LogP contribution < -0.4 is 0 Å². The molecule has 1 atom stereocenters. The maximum absolute atomic E-state index is 12.4. The summed E-state index contributed by atoms with van der Waals surface area (Å²) in [7, 11) is 0. The van der Waals surface area contributed by atoms with Crippen molar-refractivity contribution in [3.05, 3.63) is 23.9 Å². The van der Waals surface area contributed by atoms with Gasteiger partial charge in [-0.15, -0.1) is 0 Å². The van der Waals surface area contributed by atoms with Crippen molar-refractivity contribution in [1.82, 2.24) is 9.88 Å². The van der Waals surface area contributed by atoms with E-state index in [1.165, 1.54) is 11.0 Å². The van der Waals surface area contributed by atoms with Gasteiger partial charge in [-0.1, -0.05) is 11.8 Å². The third-order valence-corrected chi connectivity index (χ3v) is 4.19. The first kappa shape index (κ1) is 16.6. The molecule has 1 aliphatic heterocycles. The fourth-order valence-electron chi connectivity index (χ4n) is 2.17. The van der Waals surface area contributed by atoms with Crippen molar-refractivity contribution in [1.29, 1.82) is 0 Å². The number of hydrogen-bond donors (Lipinski definition) is 1. The van der Waals surface area contributed by atoms with Crippen LogP contribution in [0.5, 0.6) is 0 Å². The Morgan fingerprint density at radius 1 is 1.41 bits per heavy atom. The van der Waals surface area contributed by atoms with E-state index in [1.807, 2.05) is 0 Å². The molecule has 0 spiro atoms. The van der Waals surface area contributed by atoms with Crippen molar-refractivity contribution in [3.8, 4) is 0 Å². The molecule has 5 nitrogen and oxygen atoms in total. The molecule has 0 aromatic carbocycles. The van der Waals surface area contributed by atoms with E-state index in [0.29, 0.717) is 25.6 Å². The van der Waals surface area contributed by atoms with Gasteiger partial charge in [0.25, 0.3) is 0 Å². The number of halogens is 3. The highest BCUT2D eigenvalue weighted by Crippen LogP contribution is 2.29. The monoisotopic (exact) mass is 334 g/mol. The number of carbonyl (C=O) groups excluding carboxylic acids is 1. The summed E-state index contributed by atoms with van der Waals surface area (Å²) in [5, 5.41) is 9.29. The zero-order chi connectivity index (χ0) is 16.3. The zero-order valence-electron chi connectivity index (χ0n) is 11.3. The number of hydrogen-bond acceptors (Lipinski definition) is 4. The average Bonchev–Trinajstić information content (AvgIpc) is 2.94. The standard InChI is InChI=1S/C13H13F3N2O3S/c14-13(15,16)8-3-4-10(17-6-8)22-7-11(19)18-5-1-2-9(18)12(20)21/h3-4,6,9H,1-2,5,7H2,(H,20,21). The highest BCUT2D eigenvalue weighted by molar-refractivity contribution is 7.99. The van der Waals surface area contributed by atoms with Gasteiger partial charge in [-0.2, -0.15) is 13.2 Å². The molecule has 1 aromatic heterocycles. The van der Waals surface area contributed by atoms with E-state index in [0.717, 1.165) is 17.8 Å². The van der Waals surface area contributed by atoms with Crippen molar-refractivity contribution in [2.75, 3.05) is 12.3 Å². The number of amides is 1. The van der Waals surface area contributed by atoms with Crippen molar-refractivity contribution < 1.29 is 27.9 Å². The van der Waals surface area contributed by atoms with Gasteiger partial charge in [-0.25, -0.2) is 9.78 Å². The lowest BCUT2D eigenvalue weighted by Crippen LogP contribution is -2.41. The zero-order valence-corrected chi connectivity index (χ0v) is 12.2. The number of carbonyl (C=O) groups is 2. The number of nitrogens with zero attached hydrogens (tertiary/aromatic N) is 2. The molecule has 0 saturated carbocycles. The number of aliphatic carboxylic acids is 1. The summed E-state index contributed by atoms with van der Waals surface area (Å²) in [5.41, 5.74) is -0.853. The summed E-state index contributed by atoms with van der Waals surface area (Å²) in [4.78, 5) is 27.9. The van der Waals surface area contributed by atoms with Gasteiger partial charge in [0.05, 0.1) is 16.3 Å². The molecule has 1 aliphatic rings. The maximum Gasteiger partial charge on any atom is 0.417 e. The van der Waals surface area contributed by atoms with Gasteiger partial charge in [0.2, 0.25) is 5.91 Å². The van der Waals surface area contributed by atoms with E-state index in [2.05, 4.69) is 4.98 Å². The molecule has 1 fully saturated rings. The highest BCUT2D eigenvalue weighted by Gasteiger charge is 2.34. The van der Waals surface area contributed by atoms with Crippen LogP contribution in [-0.4, -0.2) is 45.2 Å². The van der Waals surface area contributed by atoms with Crippen LogP contribution in [0.1, 0.15) is 18.4 Å². The molecular formula is C13H13F3N2O3S. The number of alkyl halides is 3. The second-order valence-corrected chi connectivity index (χ2v) is 5.75. The van der Waals surface area contributed by atoms with E-state index in [-0.39, 0.29) is 16.7 Å². The molecule has 0 bridgehead atoms. The highest BCUT2D eigenvalue weighted by atomic mass is 32.2. The topological polar surface area (TPSA) is 70.5 Å². The Balaban J connectivity index is 1.92. The van der Waals surface area contributed by atoms with E-state index in [4.69, 9.17) is 5.11 Å². The first-order chi connectivity index (χ1) is 10.3. The van der Waals surface area contributed by atoms with Gasteiger partial charge in [0.15, 0.2) is 0 Å². The predicted octanol–water partition coefficient (Wildman–Crippen LogP) is 2.27. The number of carboxylic acids is 1. The molecule has 1 unspecified atom stereocenters.